The fourth-order valence-electron chi connectivity index (χ4n) is 0.0577. The zero-order chi connectivity index (χ0) is 9.49. The first kappa shape index (κ1) is 13.6. The van der Waals surface area contributed by atoms with Crippen LogP contribution in [0.15, 0.2) is 0 Å². The summed E-state index contributed by atoms with van der Waals surface area (Å²) in [4.78, 5) is 15.3. The van der Waals surface area contributed by atoms with Crippen LogP contribution in [0, 0.1) is 0 Å². The molecule has 0 radical (unpaired) electrons. The van der Waals surface area contributed by atoms with Gasteiger partial charge in [0.25, 0.3) is 0 Å². The first-order valence-corrected chi connectivity index (χ1v) is 4.80. The lowest BCUT2D eigenvalue weighted by molar-refractivity contribution is 0.0450. The fourth-order valence-corrected chi connectivity index (χ4v) is 0.0577. The highest BCUT2D eigenvalue weighted by atomic mass is 31.2. The second-order valence-electron chi connectivity index (χ2n) is 1.85. The predicted molar refractivity (Wildman–Crippen MR) is 38.1 cm³/mol. The van der Waals surface area contributed by atoms with E-state index < -0.39 is 13.7 Å². The normalized spacial score (nSPS) is 10.8. The van der Waals surface area contributed by atoms with E-state index in [9.17, 15) is 4.57 Å². The monoisotopic (exact) mass is 188 g/mol. The van der Waals surface area contributed by atoms with Crippen molar-refractivity contribution in [2.45, 2.75) is 6.10 Å². The minimum atomic E-state index is -3.64. The Labute approximate surface area is 64.3 Å². The SMILES string of the molecule is CP(=O)(O)O.OCC(O)CO. The van der Waals surface area contributed by atoms with Crippen molar-refractivity contribution < 1.29 is 29.7 Å². The maximum absolute atomic E-state index is 9.33. The van der Waals surface area contributed by atoms with Gasteiger partial charge in [0.2, 0.25) is 0 Å². The molecule has 11 heavy (non-hydrogen) atoms. The molecule has 0 saturated carbocycles. The van der Waals surface area contributed by atoms with E-state index in [0.717, 1.165) is 6.66 Å². The minimum Gasteiger partial charge on any atom is -0.394 e. The van der Waals surface area contributed by atoms with Crippen LogP contribution in [0.2, 0.25) is 0 Å². The second-order valence-corrected chi connectivity index (χ2v) is 3.52. The summed E-state index contributed by atoms with van der Waals surface area (Å²) in [6.45, 7) is 0.125. The fraction of sp³-hybridized carbons (Fsp3) is 1.00. The van der Waals surface area contributed by atoms with Gasteiger partial charge in [-0.05, 0) is 0 Å². The number of rotatable bonds is 2. The standard InChI is InChI=1S/C3H8O3.CH5O3P/c4-1-3(6)2-5;1-5(2,3)4/h3-6H,1-2H2;1H3,(H2,2,3,4). The Kier molecular flexibility index (Phi) is 8.32. The van der Waals surface area contributed by atoms with Crippen LogP contribution in [0.5, 0.6) is 0 Å². The Balaban J connectivity index is 0. The minimum absolute atomic E-state index is 0.365. The zero-order valence-electron chi connectivity index (χ0n) is 6.08. The van der Waals surface area contributed by atoms with Gasteiger partial charge in [-0.15, -0.1) is 0 Å². The highest BCUT2D eigenvalue weighted by Gasteiger charge is 1.95. The molecular weight excluding hydrogens is 175 g/mol. The van der Waals surface area contributed by atoms with E-state index in [1.165, 1.54) is 0 Å². The molecule has 0 aromatic heterocycles. The van der Waals surface area contributed by atoms with E-state index in [4.69, 9.17) is 25.1 Å². The summed E-state index contributed by atoms with van der Waals surface area (Å²) < 4.78 is 9.33. The lowest BCUT2D eigenvalue weighted by Gasteiger charge is -1.96. The summed E-state index contributed by atoms with van der Waals surface area (Å²) in [6.07, 6.45) is -0.954. The Morgan fingerprint density at radius 1 is 1.27 bits per heavy atom. The van der Waals surface area contributed by atoms with Gasteiger partial charge in [0, 0.05) is 6.66 Å². The summed E-state index contributed by atoms with van der Waals surface area (Å²) >= 11 is 0. The third-order valence-corrected chi connectivity index (χ3v) is 0.421. The molecule has 70 valence electrons. The van der Waals surface area contributed by atoms with E-state index in [1.807, 2.05) is 0 Å². The molecule has 0 aromatic carbocycles. The van der Waals surface area contributed by atoms with Crippen LogP contribution in [-0.2, 0) is 4.57 Å². The first-order chi connectivity index (χ1) is 4.81. The van der Waals surface area contributed by atoms with Crippen LogP contribution in [0.4, 0.5) is 0 Å². The van der Waals surface area contributed by atoms with Crippen molar-refractivity contribution in [3.63, 3.8) is 0 Å². The largest absolute Gasteiger partial charge is 0.394 e. The summed E-state index contributed by atoms with van der Waals surface area (Å²) in [7, 11) is -3.64. The van der Waals surface area contributed by atoms with Gasteiger partial charge < -0.3 is 25.1 Å². The van der Waals surface area contributed by atoms with Gasteiger partial charge in [-0.3, -0.25) is 4.57 Å². The quantitative estimate of drug-likeness (QED) is 0.324. The molecule has 0 spiro atoms. The molecule has 6 nitrogen and oxygen atoms in total. The van der Waals surface area contributed by atoms with Crippen LogP contribution in [-0.4, -0.2) is 51.1 Å². The summed E-state index contributed by atoms with van der Waals surface area (Å²) in [5.41, 5.74) is 0. The molecule has 0 saturated heterocycles. The van der Waals surface area contributed by atoms with Crippen LogP contribution < -0.4 is 0 Å². The molecule has 0 aromatic rings. The van der Waals surface area contributed by atoms with E-state index >= 15 is 0 Å². The summed E-state index contributed by atoms with van der Waals surface area (Å²) in [5, 5.41) is 24.0. The van der Waals surface area contributed by atoms with Gasteiger partial charge in [0.05, 0.1) is 13.2 Å². The van der Waals surface area contributed by atoms with Crippen LogP contribution in [0.3, 0.4) is 0 Å². The molecule has 0 aliphatic carbocycles. The number of aliphatic hydroxyl groups excluding tert-OH is 3. The van der Waals surface area contributed by atoms with Crippen molar-refractivity contribution in [1.82, 2.24) is 0 Å². The molecule has 0 amide bonds. The van der Waals surface area contributed by atoms with Gasteiger partial charge >= 0.3 is 7.60 Å². The molecule has 0 fully saturated rings. The lowest BCUT2D eigenvalue weighted by atomic mass is 10.4. The number of hydrogen-bond acceptors (Lipinski definition) is 4. The Morgan fingerprint density at radius 3 is 1.45 bits per heavy atom. The average Bonchev–Trinajstić information content (AvgIpc) is 1.83. The van der Waals surface area contributed by atoms with E-state index in [0.29, 0.717) is 0 Å². The van der Waals surface area contributed by atoms with E-state index in [-0.39, 0.29) is 13.2 Å². The summed E-state index contributed by atoms with van der Waals surface area (Å²) in [5.74, 6) is 0. The van der Waals surface area contributed by atoms with Crippen molar-refractivity contribution in [3.8, 4) is 0 Å². The molecule has 0 aliphatic rings. The lowest BCUT2D eigenvalue weighted by Crippen LogP contribution is -2.15. The summed E-state index contributed by atoms with van der Waals surface area (Å²) in [6, 6.07) is 0. The van der Waals surface area contributed by atoms with Crippen LogP contribution in [0.25, 0.3) is 0 Å². The van der Waals surface area contributed by atoms with Crippen LogP contribution >= 0.6 is 7.60 Å². The average molecular weight is 188 g/mol. The van der Waals surface area contributed by atoms with Crippen molar-refractivity contribution in [3.05, 3.63) is 0 Å². The molecule has 0 atom stereocenters. The zero-order valence-corrected chi connectivity index (χ0v) is 6.98. The van der Waals surface area contributed by atoms with Gasteiger partial charge in [0.15, 0.2) is 0 Å². The van der Waals surface area contributed by atoms with Crippen molar-refractivity contribution in [1.29, 1.82) is 0 Å². The van der Waals surface area contributed by atoms with Crippen molar-refractivity contribution in [2.24, 2.45) is 0 Å². The highest BCUT2D eigenvalue weighted by molar-refractivity contribution is 7.50. The molecule has 0 unspecified atom stereocenters. The Hall–Kier alpha value is 0.0300. The van der Waals surface area contributed by atoms with Crippen molar-refractivity contribution >= 4 is 7.60 Å². The third-order valence-electron chi connectivity index (χ3n) is 0.421. The van der Waals surface area contributed by atoms with E-state index in [1.54, 1.807) is 0 Å². The molecule has 0 bridgehead atoms. The smallest absolute Gasteiger partial charge is 0.322 e. The molecule has 0 aliphatic heterocycles. The van der Waals surface area contributed by atoms with Gasteiger partial charge in [-0.1, -0.05) is 0 Å². The highest BCUT2D eigenvalue weighted by Crippen LogP contribution is 2.26. The second kappa shape index (κ2) is 6.72. The molecular formula is C4H13O6P. The Morgan fingerprint density at radius 2 is 1.45 bits per heavy atom. The maximum atomic E-state index is 9.33. The van der Waals surface area contributed by atoms with E-state index in [2.05, 4.69) is 0 Å². The maximum Gasteiger partial charge on any atom is 0.322 e. The van der Waals surface area contributed by atoms with Crippen LogP contribution in [0.1, 0.15) is 0 Å². The molecule has 7 heteroatoms. The first-order valence-electron chi connectivity index (χ1n) is 2.74. The Bertz CT molecular complexity index is 107. The predicted octanol–water partition coefficient (Wildman–Crippen LogP) is -1.87. The molecule has 0 heterocycles. The number of hydrogen-bond donors (Lipinski definition) is 5. The van der Waals surface area contributed by atoms with Crippen molar-refractivity contribution in [2.75, 3.05) is 19.9 Å². The molecule has 0 rings (SSSR count). The topological polar surface area (TPSA) is 118 Å². The number of aliphatic hydroxyl groups is 3. The van der Waals surface area contributed by atoms with Gasteiger partial charge in [-0.25, -0.2) is 0 Å². The van der Waals surface area contributed by atoms with Gasteiger partial charge in [0.1, 0.15) is 6.10 Å². The van der Waals surface area contributed by atoms with Gasteiger partial charge in [-0.2, -0.15) is 0 Å². The third kappa shape index (κ3) is 39.8. The molecule has 5 N–H and O–H groups in total.